The van der Waals surface area contributed by atoms with Gasteiger partial charge in [-0.25, -0.2) is 0 Å². The zero-order valence-electron chi connectivity index (χ0n) is 10.6. The fourth-order valence-electron chi connectivity index (χ4n) is 2.52. The summed E-state index contributed by atoms with van der Waals surface area (Å²) in [5, 5.41) is 12.0. The van der Waals surface area contributed by atoms with Crippen LogP contribution in [0.1, 0.15) is 39.0 Å². The summed E-state index contributed by atoms with van der Waals surface area (Å²) in [7, 11) is 0. The molecule has 0 aromatic heterocycles. The summed E-state index contributed by atoms with van der Waals surface area (Å²) >= 11 is 0. The van der Waals surface area contributed by atoms with Crippen LogP contribution in [-0.4, -0.2) is 38.0 Å². The summed E-state index contributed by atoms with van der Waals surface area (Å²) in [6, 6.07) is 0. The van der Waals surface area contributed by atoms with Crippen molar-refractivity contribution in [2.45, 2.75) is 39.0 Å². The van der Waals surface area contributed by atoms with Crippen LogP contribution >= 0.6 is 0 Å². The topological polar surface area (TPSA) is 41.5 Å². The maximum atomic E-state index is 8.52. The van der Waals surface area contributed by atoms with E-state index in [1.165, 1.54) is 32.2 Å². The van der Waals surface area contributed by atoms with E-state index in [1.807, 2.05) is 0 Å². The Morgan fingerprint density at radius 2 is 2.19 bits per heavy atom. The first kappa shape index (κ1) is 13.9. The molecule has 0 aromatic rings. The van der Waals surface area contributed by atoms with Crippen molar-refractivity contribution in [2.75, 3.05) is 32.9 Å². The number of hydrogen-bond acceptors (Lipinski definition) is 3. The molecule has 1 aliphatic rings. The third kappa shape index (κ3) is 6.46. The molecule has 2 unspecified atom stereocenters. The molecule has 96 valence electrons. The SMILES string of the molecule is CC1CCCC(CNCCCOCCO)C1. The maximum absolute atomic E-state index is 8.52. The highest BCUT2D eigenvalue weighted by molar-refractivity contribution is 4.72. The van der Waals surface area contributed by atoms with Gasteiger partial charge in [-0.15, -0.1) is 0 Å². The molecule has 0 aromatic carbocycles. The van der Waals surface area contributed by atoms with Crippen molar-refractivity contribution in [3.8, 4) is 0 Å². The minimum absolute atomic E-state index is 0.132. The molecule has 0 spiro atoms. The van der Waals surface area contributed by atoms with Crippen LogP contribution in [0.15, 0.2) is 0 Å². The van der Waals surface area contributed by atoms with E-state index in [4.69, 9.17) is 9.84 Å². The smallest absolute Gasteiger partial charge is 0.0697 e. The lowest BCUT2D eigenvalue weighted by Gasteiger charge is -2.26. The summed E-state index contributed by atoms with van der Waals surface area (Å²) in [4.78, 5) is 0. The van der Waals surface area contributed by atoms with Crippen molar-refractivity contribution in [1.82, 2.24) is 5.32 Å². The van der Waals surface area contributed by atoms with Crippen molar-refractivity contribution in [2.24, 2.45) is 11.8 Å². The van der Waals surface area contributed by atoms with Crippen LogP contribution in [0.2, 0.25) is 0 Å². The van der Waals surface area contributed by atoms with Crippen LogP contribution < -0.4 is 5.32 Å². The van der Waals surface area contributed by atoms with E-state index in [9.17, 15) is 0 Å². The van der Waals surface area contributed by atoms with E-state index in [1.54, 1.807) is 0 Å². The quantitative estimate of drug-likeness (QED) is 0.624. The Morgan fingerprint density at radius 1 is 1.31 bits per heavy atom. The predicted molar refractivity (Wildman–Crippen MR) is 66.5 cm³/mol. The second-order valence-electron chi connectivity index (χ2n) is 5.03. The van der Waals surface area contributed by atoms with E-state index in [0.29, 0.717) is 6.61 Å². The van der Waals surface area contributed by atoms with Crippen LogP contribution in [0, 0.1) is 11.8 Å². The highest BCUT2D eigenvalue weighted by Crippen LogP contribution is 2.27. The molecule has 0 bridgehead atoms. The van der Waals surface area contributed by atoms with Crippen LogP contribution in [0.5, 0.6) is 0 Å². The molecule has 0 saturated heterocycles. The number of rotatable bonds is 8. The van der Waals surface area contributed by atoms with E-state index in [-0.39, 0.29) is 6.61 Å². The van der Waals surface area contributed by atoms with E-state index in [0.717, 1.165) is 31.4 Å². The third-order valence-electron chi connectivity index (χ3n) is 3.36. The first-order chi connectivity index (χ1) is 7.83. The highest BCUT2D eigenvalue weighted by Gasteiger charge is 2.17. The van der Waals surface area contributed by atoms with Gasteiger partial charge >= 0.3 is 0 Å². The zero-order chi connectivity index (χ0) is 11.6. The first-order valence-electron chi connectivity index (χ1n) is 6.72. The molecule has 1 rings (SSSR count). The van der Waals surface area contributed by atoms with Gasteiger partial charge in [-0.3, -0.25) is 0 Å². The normalized spacial score (nSPS) is 25.9. The monoisotopic (exact) mass is 229 g/mol. The lowest BCUT2D eigenvalue weighted by atomic mass is 9.82. The highest BCUT2D eigenvalue weighted by atomic mass is 16.5. The van der Waals surface area contributed by atoms with Gasteiger partial charge in [0.05, 0.1) is 13.2 Å². The molecule has 3 nitrogen and oxygen atoms in total. The fourth-order valence-corrected chi connectivity index (χ4v) is 2.52. The van der Waals surface area contributed by atoms with Crippen LogP contribution in [0.25, 0.3) is 0 Å². The average Bonchev–Trinajstić information content (AvgIpc) is 2.28. The Morgan fingerprint density at radius 3 is 2.94 bits per heavy atom. The van der Waals surface area contributed by atoms with Crippen LogP contribution in [-0.2, 0) is 4.74 Å². The number of hydrogen-bond donors (Lipinski definition) is 2. The molecule has 1 fully saturated rings. The molecule has 16 heavy (non-hydrogen) atoms. The molecule has 2 N–H and O–H groups in total. The van der Waals surface area contributed by atoms with Crippen molar-refractivity contribution >= 4 is 0 Å². The lowest BCUT2D eigenvalue weighted by molar-refractivity contribution is 0.0905. The number of ether oxygens (including phenoxy) is 1. The Kier molecular flexibility index (Phi) is 7.81. The predicted octanol–water partition coefficient (Wildman–Crippen LogP) is 1.80. The summed E-state index contributed by atoms with van der Waals surface area (Å²) in [6.45, 7) is 5.94. The molecular weight excluding hydrogens is 202 g/mol. The van der Waals surface area contributed by atoms with E-state index in [2.05, 4.69) is 12.2 Å². The molecule has 1 aliphatic carbocycles. The van der Waals surface area contributed by atoms with Crippen molar-refractivity contribution < 1.29 is 9.84 Å². The second kappa shape index (κ2) is 8.97. The van der Waals surface area contributed by atoms with Gasteiger partial charge in [0, 0.05) is 6.61 Å². The summed E-state index contributed by atoms with van der Waals surface area (Å²) in [5.41, 5.74) is 0. The molecule has 0 amide bonds. The molecule has 0 radical (unpaired) electrons. The molecule has 3 heteroatoms. The Labute approximate surface area is 99.6 Å². The first-order valence-corrected chi connectivity index (χ1v) is 6.72. The fraction of sp³-hybridized carbons (Fsp3) is 1.00. The molecule has 0 heterocycles. The average molecular weight is 229 g/mol. The Hall–Kier alpha value is -0.120. The van der Waals surface area contributed by atoms with Gasteiger partial charge in [0.2, 0.25) is 0 Å². The van der Waals surface area contributed by atoms with Gasteiger partial charge in [0.15, 0.2) is 0 Å². The van der Waals surface area contributed by atoms with Gasteiger partial charge < -0.3 is 15.2 Å². The largest absolute Gasteiger partial charge is 0.394 e. The van der Waals surface area contributed by atoms with Crippen LogP contribution in [0.4, 0.5) is 0 Å². The van der Waals surface area contributed by atoms with E-state index >= 15 is 0 Å². The minimum atomic E-state index is 0.132. The van der Waals surface area contributed by atoms with Crippen molar-refractivity contribution in [3.63, 3.8) is 0 Å². The van der Waals surface area contributed by atoms with Crippen LogP contribution in [0.3, 0.4) is 0 Å². The summed E-state index contributed by atoms with van der Waals surface area (Å²) in [6.07, 6.45) is 6.67. The van der Waals surface area contributed by atoms with Gasteiger partial charge in [-0.1, -0.05) is 19.8 Å². The number of nitrogens with one attached hydrogen (secondary N) is 1. The molecule has 2 atom stereocenters. The zero-order valence-corrected chi connectivity index (χ0v) is 10.6. The number of aliphatic hydroxyl groups excluding tert-OH is 1. The van der Waals surface area contributed by atoms with E-state index < -0.39 is 0 Å². The Bertz CT molecular complexity index is 164. The van der Waals surface area contributed by atoms with Crippen molar-refractivity contribution in [1.29, 1.82) is 0 Å². The standard InChI is InChI=1S/C13H27NO2/c1-12-4-2-5-13(10-12)11-14-6-3-8-16-9-7-15/h12-15H,2-11H2,1H3. The molecule has 0 aliphatic heterocycles. The van der Waals surface area contributed by atoms with Gasteiger partial charge in [0.1, 0.15) is 0 Å². The summed E-state index contributed by atoms with van der Waals surface area (Å²) in [5.74, 6) is 1.82. The van der Waals surface area contributed by atoms with Gasteiger partial charge in [0.25, 0.3) is 0 Å². The summed E-state index contributed by atoms with van der Waals surface area (Å²) < 4.78 is 5.20. The maximum Gasteiger partial charge on any atom is 0.0697 e. The molecule has 1 saturated carbocycles. The Balaban J connectivity index is 1.86. The third-order valence-corrected chi connectivity index (χ3v) is 3.36. The van der Waals surface area contributed by atoms with Gasteiger partial charge in [-0.05, 0) is 44.2 Å². The second-order valence-corrected chi connectivity index (χ2v) is 5.03. The van der Waals surface area contributed by atoms with Crippen molar-refractivity contribution in [3.05, 3.63) is 0 Å². The number of aliphatic hydroxyl groups is 1. The van der Waals surface area contributed by atoms with Gasteiger partial charge in [-0.2, -0.15) is 0 Å². The minimum Gasteiger partial charge on any atom is -0.394 e. The molecular formula is C13H27NO2. The lowest BCUT2D eigenvalue weighted by Crippen LogP contribution is -2.27.